The van der Waals surface area contributed by atoms with Gasteiger partial charge in [-0.25, -0.2) is 13.1 Å². The summed E-state index contributed by atoms with van der Waals surface area (Å²) in [5.41, 5.74) is 5.44. The van der Waals surface area contributed by atoms with E-state index in [1.807, 2.05) is 11.8 Å². The van der Waals surface area contributed by atoms with Crippen LogP contribution in [0.5, 0.6) is 0 Å². The van der Waals surface area contributed by atoms with Crippen molar-refractivity contribution in [1.82, 2.24) is 4.72 Å². The van der Waals surface area contributed by atoms with Gasteiger partial charge in [0.05, 0.1) is 6.54 Å². The second kappa shape index (κ2) is 5.77. The van der Waals surface area contributed by atoms with Gasteiger partial charge < -0.3 is 10.2 Å². The van der Waals surface area contributed by atoms with Gasteiger partial charge in [-0.2, -0.15) is 11.8 Å². The summed E-state index contributed by atoms with van der Waals surface area (Å²) in [6, 6.07) is 1.45. The van der Waals surface area contributed by atoms with Crippen molar-refractivity contribution in [3.63, 3.8) is 0 Å². The molecule has 0 saturated carbocycles. The number of hydrogen-bond acceptors (Lipinski definition) is 5. The number of nitrogens with two attached hydrogens (primary N) is 1. The Morgan fingerprint density at radius 3 is 2.89 bits per heavy atom. The van der Waals surface area contributed by atoms with E-state index in [-0.39, 0.29) is 20.9 Å². The Bertz CT molecular complexity index is 550. The Morgan fingerprint density at radius 2 is 2.37 bits per heavy atom. The summed E-state index contributed by atoms with van der Waals surface area (Å²) >= 11 is 4.93. The maximum Gasteiger partial charge on any atom is 0.245 e. The lowest BCUT2D eigenvalue weighted by Crippen LogP contribution is -2.36. The number of furan rings is 1. The van der Waals surface area contributed by atoms with Crippen molar-refractivity contribution in [2.75, 3.05) is 12.3 Å². The molecule has 1 aliphatic heterocycles. The molecule has 1 atom stereocenters. The molecule has 1 aromatic heterocycles. The van der Waals surface area contributed by atoms with E-state index in [1.165, 1.54) is 6.07 Å². The summed E-state index contributed by atoms with van der Waals surface area (Å²) in [5, 5.41) is 0. The van der Waals surface area contributed by atoms with Crippen LogP contribution < -0.4 is 10.5 Å². The molecule has 8 heteroatoms. The number of thioether (sulfide) groups is 1. The van der Waals surface area contributed by atoms with Crippen LogP contribution in [0.15, 0.2) is 20.0 Å². The van der Waals surface area contributed by atoms with Gasteiger partial charge in [-0.05, 0) is 41.4 Å². The van der Waals surface area contributed by atoms with Gasteiger partial charge in [-0.1, -0.05) is 0 Å². The lowest BCUT2D eigenvalue weighted by atomic mass is 10.1. The average Bonchev–Trinajstić information content (AvgIpc) is 2.94. The Kier molecular flexibility index (Phi) is 4.67. The molecule has 1 fully saturated rings. The minimum Gasteiger partial charge on any atom is -0.452 e. The van der Waals surface area contributed by atoms with Gasteiger partial charge in [0.15, 0.2) is 4.67 Å². The molecule has 2 heterocycles. The van der Waals surface area contributed by atoms with E-state index < -0.39 is 10.0 Å². The SMILES string of the molecule is CC1(CNS(=O)(=O)c2cc(CN)oc2Br)CCCS1. The highest BCUT2D eigenvalue weighted by Gasteiger charge is 2.32. The fourth-order valence-electron chi connectivity index (χ4n) is 1.98. The van der Waals surface area contributed by atoms with Crippen molar-refractivity contribution in [3.8, 4) is 0 Å². The monoisotopic (exact) mass is 368 g/mol. The molecule has 1 saturated heterocycles. The predicted octanol–water partition coefficient (Wildman–Crippen LogP) is 2.06. The molecule has 108 valence electrons. The summed E-state index contributed by atoms with van der Waals surface area (Å²) < 4.78 is 32.5. The van der Waals surface area contributed by atoms with E-state index in [4.69, 9.17) is 10.2 Å². The van der Waals surface area contributed by atoms with Gasteiger partial charge in [-0.3, -0.25) is 0 Å². The molecule has 5 nitrogen and oxygen atoms in total. The highest BCUT2D eigenvalue weighted by Crippen LogP contribution is 2.37. The predicted molar refractivity (Wildman–Crippen MR) is 79.6 cm³/mol. The molecule has 0 spiro atoms. The van der Waals surface area contributed by atoms with Crippen LogP contribution in [0.4, 0.5) is 0 Å². The third-order valence-corrected chi connectivity index (χ3v) is 6.93. The first-order valence-electron chi connectivity index (χ1n) is 5.98. The average molecular weight is 369 g/mol. The molecular weight excluding hydrogens is 352 g/mol. The highest BCUT2D eigenvalue weighted by atomic mass is 79.9. The van der Waals surface area contributed by atoms with E-state index in [2.05, 4.69) is 27.6 Å². The zero-order chi connectivity index (χ0) is 14.1. The quantitative estimate of drug-likeness (QED) is 0.830. The van der Waals surface area contributed by atoms with Gasteiger partial charge in [-0.15, -0.1) is 0 Å². The molecule has 0 bridgehead atoms. The van der Waals surface area contributed by atoms with Crippen LogP contribution >= 0.6 is 27.7 Å². The molecule has 1 aromatic rings. The van der Waals surface area contributed by atoms with E-state index in [0.717, 1.165) is 18.6 Å². The summed E-state index contributed by atoms with van der Waals surface area (Å²) in [5.74, 6) is 1.53. The smallest absolute Gasteiger partial charge is 0.245 e. The van der Waals surface area contributed by atoms with Crippen LogP contribution in [0.2, 0.25) is 0 Å². The van der Waals surface area contributed by atoms with Crippen molar-refractivity contribution < 1.29 is 12.8 Å². The van der Waals surface area contributed by atoms with E-state index in [1.54, 1.807) is 0 Å². The summed E-state index contributed by atoms with van der Waals surface area (Å²) in [4.78, 5) is 0.111. The second-order valence-corrected chi connectivity index (χ2v) is 8.92. The van der Waals surface area contributed by atoms with Gasteiger partial charge >= 0.3 is 0 Å². The first kappa shape index (κ1) is 15.4. The number of nitrogens with one attached hydrogen (secondary N) is 1. The molecule has 1 aliphatic rings. The lowest BCUT2D eigenvalue weighted by Gasteiger charge is -2.22. The van der Waals surface area contributed by atoms with Crippen LogP contribution in [0, 0.1) is 0 Å². The van der Waals surface area contributed by atoms with Crippen molar-refractivity contribution in [2.24, 2.45) is 5.73 Å². The van der Waals surface area contributed by atoms with Crippen LogP contribution in [-0.4, -0.2) is 25.5 Å². The highest BCUT2D eigenvalue weighted by molar-refractivity contribution is 9.10. The Morgan fingerprint density at radius 1 is 1.63 bits per heavy atom. The fourth-order valence-corrected chi connectivity index (χ4v) is 5.48. The summed E-state index contributed by atoms with van der Waals surface area (Å²) in [7, 11) is -3.57. The molecular formula is C11H17BrN2O3S2. The van der Waals surface area contributed by atoms with E-state index in [9.17, 15) is 8.42 Å². The Labute approximate surface area is 125 Å². The third-order valence-electron chi connectivity index (χ3n) is 3.13. The Balaban J connectivity index is 2.11. The number of hydrogen-bond donors (Lipinski definition) is 2. The van der Waals surface area contributed by atoms with Gasteiger partial charge in [0.1, 0.15) is 10.7 Å². The largest absolute Gasteiger partial charge is 0.452 e. The molecule has 2 rings (SSSR count). The first-order valence-corrected chi connectivity index (χ1v) is 9.24. The second-order valence-electron chi connectivity index (χ2n) is 4.78. The van der Waals surface area contributed by atoms with Crippen LogP contribution in [0.25, 0.3) is 0 Å². The van der Waals surface area contributed by atoms with E-state index in [0.29, 0.717) is 12.3 Å². The maximum atomic E-state index is 12.2. The molecule has 1 unspecified atom stereocenters. The molecule has 0 radical (unpaired) electrons. The fraction of sp³-hybridized carbons (Fsp3) is 0.636. The number of rotatable bonds is 5. The van der Waals surface area contributed by atoms with Crippen LogP contribution in [0.3, 0.4) is 0 Å². The van der Waals surface area contributed by atoms with Crippen molar-refractivity contribution in [3.05, 3.63) is 16.5 Å². The van der Waals surface area contributed by atoms with Crippen LogP contribution in [-0.2, 0) is 16.6 Å². The Hall–Kier alpha value is -0.0200. The molecule has 0 amide bonds. The number of sulfonamides is 1. The number of halogens is 1. The van der Waals surface area contributed by atoms with Crippen molar-refractivity contribution >= 4 is 37.7 Å². The third kappa shape index (κ3) is 3.55. The maximum absolute atomic E-state index is 12.2. The van der Waals surface area contributed by atoms with Gasteiger partial charge in [0.2, 0.25) is 10.0 Å². The summed E-state index contributed by atoms with van der Waals surface area (Å²) in [6.45, 7) is 2.68. The lowest BCUT2D eigenvalue weighted by molar-refractivity contribution is 0.483. The first-order chi connectivity index (χ1) is 8.86. The van der Waals surface area contributed by atoms with Gasteiger partial charge in [0.25, 0.3) is 0 Å². The van der Waals surface area contributed by atoms with E-state index >= 15 is 0 Å². The van der Waals surface area contributed by atoms with Crippen LogP contribution in [0.1, 0.15) is 25.5 Å². The molecule has 0 aliphatic carbocycles. The normalized spacial score (nSPS) is 23.9. The van der Waals surface area contributed by atoms with Crippen molar-refractivity contribution in [1.29, 1.82) is 0 Å². The molecule has 0 aromatic carbocycles. The minimum atomic E-state index is -3.57. The molecule has 19 heavy (non-hydrogen) atoms. The zero-order valence-electron chi connectivity index (χ0n) is 10.6. The summed E-state index contributed by atoms with van der Waals surface area (Å²) in [6.07, 6.45) is 2.16. The zero-order valence-corrected chi connectivity index (χ0v) is 13.8. The van der Waals surface area contributed by atoms with Gasteiger partial charge in [0, 0.05) is 17.4 Å². The topological polar surface area (TPSA) is 85.3 Å². The standard InChI is InChI=1S/C11H17BrN2O3S2/c1-11(3-2-4-18-11)7-14-19(15,16)9-5-8(6-13)17-10(9)12/h5,14H,2-4,6-7,13H2,1H3. The van der Waals surface area contributed by atoms with Crippen molar-refractivity contribution in [2.45, 2.75) is 36.0 Å². The molecule has 3 N–H and O–H groups in total. The minimum absolute atomic E-state index is 0.0139.